The van der Waals surface area contributed by atoms with Crippen LogP contribution in [0.25, 0.3) is 11.0 Å². The zero-order valence-electron chi connectivity index (χ0n) is 13.4. The summed E-state index contributed by atoms with van der Waals surface area (Å²) in [5.41, 5.74) is 0.315. The van der Waals surface area contributed by atoms with Gasteiger partial charge in [0, 0.05) is 6.42 Å². The number of imidazole rings is 1. The molecule has 2 N–H and O–H groups in total. The predicted molar refractivity (Wildman–Crippen MR) is 91.5 cm³/mol. The Balaban J connectivity index is 2.07. The minimum absolute atomic E-state index is 0.125. The zero-order valence-corrected chi connectivity index (χ0v) is 14.2. The fourth-order valence-electron chi connectivity index (χ4n) is 2.64. The smallest absolute Gasteiger partial charge is 0.174 e. The van der Waals surface area contributed by atoms with Gasteiger partial charge in [-0.1, -0.05) is 44.2 Å². The van der Waals surface area contributed by atoms with E-state index in [-0.39, 0.29) is 23.9 Å². The number of aromatic nitrogens is 2. The van der Waals surface area contributed by atoms with Crippen molar-refractivity contribution in [2.45, 2.75) is 43.9 Å². The second kappa shape index (κ2) is 7.75. The van der Waals surface area contributed by atoms with Crippen molar-refractivity contribution in [3.05, 3.63) is 24.3 Å². The van der Waals surface area contributed by atoms with Gasteiger partial charge in [-0.05, 0) is 24.5 Å². The van der Waals surface area contributed by atoms with E-state index in [1.807, 2.05) is 31.2 Å². The Morgan fingerprint density at radius 2 is 2.22 bits per heavy atom. The highest BCUT2D eigenvalue weighted by molar-refractivity contribution is 7.99. The summed E-state index contributed by atoms with van der Waals surface area (Å²) in [6.45, 7) is 3.66. The Morgan fingerprint density at radius 3 is 2.87 bits per heavy atom. The molecule has 5 nitrogen and oxygen atoms in total. The average molecular weight is 334 g/mol. The summed E-state index contributed by atoms with van der Waals surface area (Å²) in [6.07, 6.45) is 1.98. The van der Waals surface area contributed by atoms with Crippen LogP contribution < -0.4 is 0 Å². The lowest BCUT2D eigenvalue weighted by Crippen LogP contribution is -2.46. The number of ketones is 1. The van der Waals surface area contributed by atoms with Gasteiger partial charge in [0.15, 0.2) is 10.9 Å². The molecular weight excluding hydrogens is 312 g/mol. The van der Waals surface area contributed by atoms with E-state index in [0.29, 0.717) is 18.0 Å². The Morgan fingerprint density at radius 1 is 1.48 bits per heavy atom. The lowest BCUT2D eigenvalue weighted by molar-refractivity contribution is -0.141. The molecule has 0 aliphatic carbocycles. The van der Waals surface area contributed by atoms with E-state index in [9.17, 15) is 14.7 Å². The van der Waals surface area contributed by atoms with E-state index in [0.717, 1.165) is 17.3 Å². The lowest BCUT2D eigenvalue weighted by Gasteiger charge is -2.31. The van der Waals surface area contributed by atoms with Crippen molar-refractivity contribution in [2.75, 3.05) is 5.75 Å². The molecule has 23 heavy (non-hydrogen) atoms. The minimum atomic E-state index is -1.45. The van der Waals surface area contributed by atoms with Crippen molar-refractivity contribution in [1.82, 2.24) is 9.97 Å². The third-order valence-electron chi connectivity index (χ3n) is 4.09. The molecule has 0 radical (unpaired) electrons. The quantitative estimate of drug-likeness (QED) is 0.544. The first-order valence-electron chi connectivity index (χ1n) is 7.78. The van der Waals surface area contributed by atoms with Crippen LogP contribution in [0.4, 0.5) is 0 Å². The number of rotatable bonds is 9. The number of fused-ring (bicyclic) bond motifs is 1. The first-order valence-corrected chi connectivity index (χ1v) is 8.76. The van der Waals surface area contributed by atoms with E-state index >= 15 is 0 Å². The van der Waals surface area contributed by atoms with E-state index in [4.69, 9.17) is 0 Å². The highest BCUT2D eigenvalue weighted by Gasteiger charge is 2.39. The number of aromatic amines is 1. The molecule has 1 aromatic heterocycles. The van der Waals surface area contributed by atoms with Gasteiger partial charge in [0.25, 0.3) is 0 Å². The van der Waals surface area contributed by atoms with E-state index < -0.39 is 5.60 Å². The molecular formula is C17H22N2O3S. The standard InChI is InChI=1S/C17H22N2O3S/c1-3-9-17(22,12(2)8-10-20)15(21)11-23-16-18-13-6-4-5-7-14(13)19-16/h4-7,10,12,22H,3,8-9,11H2,1-2H3,(H,18,19)/t12?,17-/m1/s1. The molecule has 1 aromatic carbocycles. The summed E-state index contributed by atoms with van der Waals surface area (Å²) in [5, 5.41) is 11.4. The van der Waals surface area contributed by atoms with Crippen LogP contribution in [0.15, 0.2) is 29.4 Å². The molecule has 0 bridgehead atoms. The highest BCUT2D eigenvalue weighted by atomic mass is 32.2. The van der Waals surface area contributed by atoms with Gasteiger partial charge in [-0.2, -0.15) is 0 Å². The summed E-state index contributed by atoms with van der Waals surface area (Å²) in [6, 6.07) is 7.65. The summed E-state index contributed by atoms with van der Waals surface area (Å²) in [4.78, 5) is 30.8. The lowest BCUT2D eigenvalue weighted by atomic mass is 9.80. The summed E-state index contributed by atoms with van der Waals surface area (Å²) >= 11 is 1.28. The number of hydrogen-bond donors (Lipinski definition) is 2. The summed E-state index contributed by atoms with van der Waals surface area (Å²) in [5.74, 6) is -0.512. The molecule has 2 rings (SSSR count). The number of hydrogen-bond acceptors (Lipinski definition) is 5. The molecule has 6 heteroatoms. The number of carbonyl (C=O) groups excluding carboxylic acids is 2. The van der Waals surface area contributed by atoms with Crippen LogP contribution in [0.1, 0.15) is 33.1 Å². The maximum Gasteiger partial charge on any atom is 0.174 e. The van der Waals surface area contributed by atoms with Crippen LogP contribution in [-0.2, 0) is 9.59 Å². The van der Waals surface area contributed by atoms with Crippen LogP contribution >= 0.6 is 11.8 Å². The number of nitrogens with one attached hydrogen (secondary N) is 1. The third-order valence-corrected chi connectivity index (χ3v) is 4.96. The fraction of sp³-hybridized carbons (Fsp3) is 0.471. The number of carbonyl (C=O) groups is 2. The van der Waals surface area contributed by atoms with Crippen LogP contribution in [0.3, 0.4) is 0 Å². The number of thioether (sulfide) groups is 1. The van der Waals surface area contributed by atoms with Gasteiger partial charge in [-0.25, -0.2) is 4.98 Å². The van der Waals surface area contributed by atoms with Crippen LogP contribution in [0.2, 0.25) is 0 Å². The van der Waals surface area contributed by atoms with Gasteiger partial charge in [-0.3, -0.25) is 4.79 Å². The predicted octanol–water partition coefficient (Wildman–Crippen LogP) is 2.98. The molecule has 0 fully saturated rings. The number of para-hydroxylation sites is 2. The monoisotopic (exact) mass is 334 g/mol. The molecule has 2 aromatic rings. The number of aldehydes is 1. The Bertz CT molecular complexity index is 652. The first kappa shape index (κ1) is 17.7. The Hall–Kier alpha value is -1.66. The van der Waals surface area contributed by atoms with Gasteiger partial charge >= 0.3 is 0 Å². The van der Waals surface area contributed by atoms with Gasteiger partial charge in [0.05, 0.1) is 16.8 Å². The summed E-state index contributed by atoms with van der Waals surface area (Å²) < 4.78 is 0. The van der Waals surface area contributed by atoms with Gasteiger partial charge < -0.3 is 14.9 Å². The molecule has 0 spiro atoms. The first-order chi connectivity index (χ1) is 11.0. The van der Waals surface area contributed by atoms with E-state index in [2.05, 4.69) is 9.97 Å². The zero-order chi connectivity index (χ0) is 16.9. The van der Waals surface area contributed by atoms with Crippen molar-refractivity contribution in [3.63, 3.8) is 0 Å². The van der Waals surface area contributed by atoms with Crippen molar-refractivity contribution in [2.24, 2.45) is 5.92 Å². The number of aliphatic hydroxyl groups is 1. The maximum absolute atomic E-state index is 12.5. The Kier molecular flexibility index (Phi) is 5.96. The SMILES string of the molecule is CCC[C@](O)(C(=O)CSc1nc2ccccc2[nH]1)C(C)CC=O. The molecule has 2 atom stereocenters. The number of Topliss-reactive ketones (excluding diaryl/α,β-unsaturated/α-hetero) is 1. The topological polar surface area (TPSA) is 83.0 Å². The summed E-state index contributed by atoms with van der Waals surface area (Å²) in [7, 11) is 0. The van der Waals surface area contributed by atoms with Crippen molar-refractivity contribution < 1.29 is 14.7 Å². The molecule has 124 valence electrons. The second-order valence-electron chi connectivity index (χ2n) is 5.75. The molecule has 0 aliphatic heterocycles. The maximum atomic E-state index is 12.5. The van der Waals surface area contributed by atoms with Gasteiger partial charge in [-0.15, -0.1) is 0 Å². The second-order valence-corrected chi connectivity index (χ2v) is 6.71. The largest absolute Gasteiger partial charge is 0.382 e. The van der Waals surface area contributed by atoms with Crippen LogP contribution in [0, 0.1) is 5.92 Å². The fourth-order valence-corrected chi connectivity index (χ4v) is 3.50. The number of benzene rings is 1. The molecule has 0 saturated heterocycles. The Labute approximate surface area is 139 Å². The molecule has 1 unspecified atom stereocenters. The van der Waals surface area contributed by atoms with Crippen molar-refractivity contribution in [3.8, 4) is 0 Å². The van der Waals surface area contributed by atoms with Crippen LogP contribution in [0.5, 0.6) is 0 Å². The van der Waals surface area contributed by atoms with Crippen molar-refractivity contribution >= 4 is 34.9 Å². The van der Waals surface area contributed by atoms with E-state index in [1.165, 1.54) is 11.8 Å². The number of H-pyrrole nitrogens is 1. The molecule has 0 amide bonds. The van der Waals surface area contributed by atoms with Crippen LogP contribution in [-0.4, -0.2) is 38.5 Å². The van der Waals surface area contributed by atoms with Gasteiger partial charge in [0.2, 0.25) is 0 Å². The minimum Gasteiger partial charge on any atom is -0.382 e. The average Bonchev–Trinajstić information content (AvgIpc) is 2.95. The molecule has 0 aliphatic rings. The third kappa shape index (κ3) is 4.00. The molecule has 1 heterocycles. The van der Waals surface area contributed by atoms with Crippen molar-refractivity contribution in [1.29, 1.82) is 0 Å². The highest BCUT2D eigenvalue weighted by Crippen LogP contribution is 2.29. The number of nitrogens with zero attached hydrogens (tertiary/aromatic N) is 1. The molecule has 0 saturated carbocycles. The normalized spacial score (nSPS) is 15.3. The van der Waals surface area contributed by atoms with E-state index in [1.54, 1.807) is 6.92 Å². The van der Waals surface area contributed by atoms with Gasteiger partial charge in [0.1, 0.15) is 11.9 Å².